The third-order valence-electron chi connectivity index (χ3n) is 9.45. The highest BCUT2D eigenvalue weighted by molar-refractivity contribution is 6.01. The van der Waals surface area contributed by atoms with E-state index in [1.807, 2.05) is 11.8 Å². The number of rotatable bonds is 10. The van der Waals surface area contributed by atoms with Crippen molar-refractivity contribution in [2.45, 2.75) is 116 Å². The molecular formula is C28H48N2O2. The Hall–Kier alpha value is -0.900. The molecule has 4 rings (SSSR count). The summed E-state index contributed by atoms with van der Waals surface area (Å²) in [5.41, 5.74) is -0.211. The molecule has 32 heavy (non-hydrogen) atoms. The number of amides is 1. The smallest absolute Gasteiger partial charge is 0.234 e. The summed E-state index contributed by atoms with van der Waals surface area (Å²) >= 11 is 0. The van der Waals surface area contributed by atoms with Crippen LogP contribution in [0.4, 0.5) is 0 Å². The second kappa shape index (κ2) is 11.5. The van der Waals surface area contributed by atoms with Crippen LogP contribution >= 0.6 is 0 Å². The van der Waals surface area contributed by atoms with Gasteiger partial charge in [0.05, 0.1) is 5.41 Å². The van der Waals surface area contributed by atoms with Gasteiger partial charge in [0.25, 0.3) is 0 Å². The quantitative estimate of drug-likeness (QED) is 0.370. The maximum atomic E-state index is 14.4. The number of ether oxygens (including phenoxy) is 1. The molecule has 0 aromatic heterocycles. The number of amidine groups is 1. The number of nitrogens with zero attached hydrogens (tertiary/aromatic N) is 1. The van der Waals surface area contributed by atoms with E-state index in [4.69, 9.17) is 10.1 Å². The van der Waals surface area contributed by atoms with E-state index in [2.05, 4.69) is 0 Å². The highest BCUT2D eigenvalue weighted by Gasteiger charge is 2.52. The predicted molar refractivity (Wildman–Crippen MR) is 131 cm³/mol. The van der Waals surface area contributed by atoms with Crippen molar-refractivity contribution in [3.8, 4) is 0 Å². The molecule has 1 saturated heterocycles. The Morgan fingerprint density at radius 1 is 0.969 bits per heavy atom. The van der Waals surface area contributed by atoms with Gasteiger partial charge in [0.1, 0.15) is 5.84 Å². The van der Waals surface area contributed by atoms with Gasteiger partial charge < -0.3 is 9.64 Å². The van der Waals surface area contributed by atoms with Crippen molar-refractivity contribution in [3.63, 3.8) is 0 Å². The largest absolute Gasteiger partial charge is 0.382 e. The second-order valence-electron chi connectivity index (χ2n) is 11.6. The first kappa shape index (κ1) is 24.2. The van der Waals surface area contributed by atoms with Crippen molar-refractivity contribution < 1.29 is 9.53 Å². The van der Waals surface area contributed by atoms with E-state index in [-0.39, 0.29) is 5.41 Å². The topological polar surface area (TPSA) is 53.4 Å². The van der Waals surface area contributed by atoms with Crippen molar-refractivity contribution in [1.29, 1.82) is 5.41 Å². The molecule has 1 aliphatic heterocycles. The van der Waals surface area contributed by atoms with Crippen molar-refractivity contribution >= 4 is 11.7 Å². The molecular weight excluding hydrogens is 396 g/mol. The van der Waals surface area contributed by atoms with E-state index in [1.54, 1.807) is 0 Å². The van der Waals surface area contributed by atoms with Gasteiger partial charge in [-0.15, -0.1) is 0 Å². The minimum atomic E-state index is -0.211. The molecule has 0 radical (unpaired) electrons. The van der Waals surface area contributed by atoms with Gasteiger partial charge in [-0.05, 0) is 69.6 Å². The highest BCUT2D eigenvalue weighted by atomic mass is 16.5. The highest BCUT2D eigenvalue weighted by Crippen LogP contribution is 2.53. The predicted octanol–water partition coefficient (Wildman–Crippen LogP) is 6.97. The summed E-state index contributed by atoms with van der Waals surface area (Å²) in [6.07, 6.45) is 21.2. The fourth-order valence-electron chi connectivity index (χ4n) is 7.43. The van der Waals surface area contributed by atoms with Crippen LogP contribution in [0.3, 0.4) is 0 Å². The first-order chi connectivity index (χ1) is 15.6. The monoisotopic (exact) mass is 444 g/mol. The number of carbonyl (C=O) groups is 1. The van der Waals surface area contributed by atoms with Gasteiger partial charge in [0.2, 0.25) is 5.91 Å². The molecule has 0 aromatic carbocycles. The minimum Gasteiger partial charge on any atom is -0.382 e. The number of nitrogens with one attached hydrogen (secondary N) is 1. The van der Waals surface area contributed by atoms with Gasteiger partial charge >= 0.3 is 0 Å². The molecule has 3 aliphatic carbocycles. The molecule has 4 fully saturated rings. The fraction of sp³-hybridized carbons (Fsp3) is 0.929. The normalized spacial score (nSPS) is 32.5. The third kappa shape index (κ3) is 5.59. The average molecular weight is 445 g/mol. The minimum absolute atomic E-state index is 0.211. The summed E-state index contributed by atoms with van der Waals surface area (Å²) < 4.78 is 5.58. The maximum absolute atomic E-state index is 14.4. The lowest BCUT2D eigenvalue weighted by molar-refractivity contribution is -0.141. The molecule has 0 bridgehead atoms. The Bertz CT molecular complexity index is 623. The van der Waals surface area contributed by atoms with Crippen LogP contribution in [-0.4, -0.2) is 36.4 Å². The zero-order chi connectivity index (χ0) is 22.4. The van der Waals surface area contributed by atoms with Gasteiger partial charge in [-0.2, -0.15) is 0 Å². The molecule has 0 spiro atoms. The lowest BCUT2D eigenvalue weighted by atomic mass is 9.61. The first-order valence-electron chi connectivity index (χ1n) is 14.1. The summed E-state index contributed by atoms with van der Waals surface area (Å²) in [6.45, 7) is 4.12. The molecule has 4 heteroatoms. The molecule has 3 saturated carbocycles. The van der Waals surface area contributed by atoms with Crippen LogP contribution in [0, 0.1) is 34.5 Å². The van der Waals surface area contributed by atoms with Crippen molar-refractivity contribution in [2.24, 2.45) is 29.1 Å². The molecule has 3 unspecified atom stereocenters. The zero-order valence-corrected chi connectivity index (χ0v) is 20.7. The Balaban J connectivity index is 1.55. The molecule has 4 aliphatic rings. The van der Waals surface area contributed by atoms with E-state index in [9.17, 15) is 4.79 Å². The number of likely N-dealkylation sites (tertiary alicyclic amines) is 1. The Labute approximate surface area is 196 Å². The number of fused-ring (bicyclic) bond motifs is 1. The molecule has 3 atom stereocenters. The maximum Gasteiger partial charge on any atom is 0.234 e. The summed E-state index contributed by atoms with van der Waals surface area (Å²) in [4.78, 5) is 16.3. The van der Waals surface area contributed by atoms with Crippen molar-refractivity contribution in [3.05, 3.63) is 0 Å². The zero-order valence-electron chi connectivity index (χ0n) is 20.7. The molecule has 1 amide bonds. The van der Waals surface area contributed by atoms with Gasteiger partial charge in [0, 0.05) is 25.7 Å². The Morgan fingerprint density at radius 2 is 1.66 bits per heavy atom. The summed E-state index contributed by atoms with van der Waals surface area (Å²) in [7, 11) is 0. The van der Waals surface area contributed by atoms with E-state index >= 15 is 0 Å². The van der Waals surface area contributed by atoms with E-state index in [1.165, 1.54) is 77.0 Å². The third-order valence-corrected chi connectivity index (χ3v) is 9.45. The summed E-state index contributed by atoms with van der Waals surface area (Å²) in [5.74, 6) is 3.41. The van der Waals surface area contributed by atoms with Crippen LogP contribution in [-0.2, 0) is 9.53 Å². The van der Waals surface area contributed by atoms with Crippen LogP contribution in [0.1, 0.15) is 116 Å². The van der Waals surface area contributed by atoms with E-state index in [0.717, 1.165) is 50.5 Å². The average Bonchev–Trinajstić information content (AvgIpc) is 2.85. The number of hydrogen-bond acceptors (Lipinski definition) is 3. The van der Waals surface area contributed by atoms with Crippen LogP contribution < -0.4 is 0 Å². The lowest BCUT2D eigenvalue weighted by Gasteiger charge is -2.41. The molecule has 4 nitrogen and oxygen atoms in total. The van der Waals surface area contributed by atoms with Gasteiger partial charge in [-0.25, -0.2) is 0 Å². The van der Waals surface area contributed by atoms with E-state index < -0.39 is 0 Å². The summed E-state index contributed by atoms with van der Waals surface area (Å²) in [5, 5.41) is 8.97. The Morgan fingerprint density at radius 3 is 2.28 bits per heavy atom. The van der Waals surface area contributed by atoms with Gasteiger partial charge in [-0.3, -0.25) is 10.2 Å². The molecule has 0 aromatic rings. The lowest BCUT2D eigenvalue weighted by Crippen LogP contribution is -2.47. The fourth-order valence-corrected chi connectivity index (χ4v) is 7.43. The molecule has 1 heterocycles. The number of carbonyl (C=O) groups excluding carboxylic acids is 1. The number of hydrogen-bond donors (Lipinski definition) is 1. The van der Waals surface area contributed by atoms with Crippen molar-refractivity contribution in [2.75, 3.05) is 19.8 Å². The van der Waals surface area contributed by atoms with Crippen molar-refractivity contribution in [1.82, 2.24) is 4.90 Å². The molecule has 1 N–H and O–H groups in total. The van der Waals surface area contributed by atoms with Crippen LogP contribution in [0.5, 0.6) is 0 Å². The second-order valence-corrected chi connectivity index (χ2v) is 11.6. The SMILES string of the molecule is CCOCCCN1C(=N)C2CCC2CC(CCC2CCCCC2)(CC2CCCCC2)C1=O. The van der Waals surface area contributed by atoms with Crippen LogP contribution in [0.2, 0.25) is 0 Å². The molecule has 182 valence electrons. The van der Waals surface area contributed by atoms with E-state index in [0.29, 0.717) is 36.7 Å². The van der Waals surface area contributed by atoms with Crippen LogP contribution in [0.15, 0.2) is 0 Å². The first-order valence-corrected chi connectivity index (χ1v) is 14.1. The standard InChI is InChI=1S/C28H48N2O2/c1-2-32-19-9-18-30-26(29)25-15-14-24(25)21-28(27(30)31,20-23-12-7-4-8-13-23)17-16-22-10-5-3-6-11-22/h22-25,29H,2-21H2,1H3. The summed E-state index contributed by atoms with van der Waals surface area (Å²) in [6, 6.07) is 0. The van der Waals surface area contributed by atoms with Gasteiger partial charge in [0.15, 0.2) is 0 Å². The van der Waals surface area contributed by atoms with Crippen LogP contribution in [0.25, 0.3) is 0 Å². The Kier molecular flexibility index (Phi) is 8.70. The van der Waals surface area contributed by atoms with Gasteiger partial charge in [-0.1, -0.05) is 64.2 Å².